The summed E-state index contributed by atoms with van der Waals surface area (Å²) in [6.45, 7) is 0.277. The minimum absolute atomic E-state index is 0.0528. The van der Waals surface area contributed by atoms with Crippen LogP contribution in [0.1, 0.15) is 19.3 Å². The van der Waals surface area contributed by atoms with E-state index in [0.29, 0.717) is 5.95 Å². The topological polar surface area (TPSA) is 93.2 Å². The summed E-state index contributed by atoms with van der Waals surface area (Å²) in [6, 6.07) is 0. The molecule has 0 aliphatic heterocycles. The molecular weight excluding hydrogens is 268 g/mol. The normalized spacial score (nSPS) is 17.8. The van der Waals surface area contributed by atoms with E-state index in [1.807, 2.05) is 0 Å². The fraction of sp³-hybridized carbons (Fsp3) is 0.636. The van der Waals surface area contributed by atoms with Crippen molar-refractivity contribution in [1.29, 1.82) is 0 Å². The van der Waals surface area contributed by atoms with Gasteiger partial charge in [0.1, 0.15) is 4.90 Å². The second-order valence-electron chi connectivity index (χ2n) is 4.56. The first-order chi connectivity index (χ1) is 9.01. The van der Waals surface area contributed by atoms with Crippen LogP contribution in [0, 0.1) is 0 Å². The highest BCUT2D eigenvalue weighted by Gasteiger charge is 2.38. The zero-order valence-corrected chi connectivity index (χ0v) is 11.8. The molecule has 1 aromatic rings. The van der Waals surface area contributed by atoms with Crippen LogP contribution in [0.4, 0.5) is 5.95 Å². The summed E-state index contributed by atoms with van der Waals surface area (Å²) in [5, 5.41) is 2.73. The summed E-state index contributed by atoms with van der Waals surface area (Å²) >= 11 is 0. The van der Waals surface area contributed by atoms with Crippen LogP contribution in [0.3, 0.4) is 0 Å². The van der Waals surface area contributed by atoms with Crippen molar-refractivity contribution in [2.24, 2.45) is 0 Å². The molecular formula is C11H18N4O3S. The van der Waals surface area contributed by atoms with Gasteiger partial charge in [0.05, 0.1) is 18.0 Å². The van der Waals surface area contributed by atoms with Crippen LogP contribution >= 0.6 is 0 Å². The van der Waals surface area contributed by atoms with Crippen molar-refractivity contribution in [2.75, 3.05) is 26.0 Å². The molecule has 0 radical (unpaired) electrons. The zero-order valence-electron chi connectivity index (χ0n) is 11.0. The Bertz CT molecular complexity index is 520. The molecule has 0 aromatic carbocycles. The lowest BCUT2D eigenvalue weighted by Crippen LogP contribution is -2.49. The highest BCUT2D eigenvalue weighted by molar-refractivity contribution is 7.89. The van der Waals surface area contributed by atoms with Crippen molar-refractivity contribution in [2.45, 2.75) is 29.8 Å². The van der Waals surface area contributed by atoms with Gasteiger partial charge in [-0.25, -0.2) is 23.1 Å². The van der Waals surface area contributed by atoms with E-state index in [2.05, 4.69) is 20.0 Å². The number of anilines is 1. The van der Waals surface area contributed by atoms with E-state index in [4.69, 9.17) is 4.74 Å². The van der Waals surface area contributed by atoms with E-state index < -0.39 is 10.0 Å². The maximum Gasteiger partial charge on any atom is 0.243 e. The summed E-state index contributed by atoms with van der Waals surface area (Å²) in [5.74, 6) is 0.381. The van der Waals surface area contributed by atoms with Gasteiger partial charge in [0.15, 0.2) is 0 Å². The average molecular weight is 286 g/mol. The van der Waals surface area contributed by atoms with Crippen LogP contribution < -0.4 is 10.0 Å². The number of methoxy groups -OCH3 is 1. The second kappa shape index (κ2) is 5.40. The number of ether oxygens (including phenoxy) is 1. The Kier molecular flexibility index (Phi) is 4.02. The maximum atomic E-state index is 12.1. The molecule has 0 bridgehead atoms. The molecule has 2 N–H and O–H groups in total. The van der Waals surface area contributed by atoms with Crippen LogP contribution in [-0.2, 0) is 14.8 Å². The Morgan fingerprint density at radius 1 is 1.37 bits per heavy atom. The van der Waals surface area contributed by atoms with Gasteiger partial charge in [0.2, 0.25) is 16.0 Å². The lowest BCUT2D eigenvalue weighted by molar-refractivity contribution is -0.0659. The molecule has 0 atom stereocenters. The van der Waals surface area contributed by atoms with Crippen LogP contribution in [0.25, 0.3) is 0 Å². The number of hydrogen-bond donors (Lipinski definition) is 2. The lowest BCUT2D eigenvalue weighted by Gasteiger charge is -2.40. The molecule has 0 amide bonds. The number of nitrogens with zero attached hydrogens (tertiary/aromatic N) is 2. The van der Waals surface area contributed by atoms with Crippen molar-refractivity contribution in [1.82, 2.24) is 14.7 Å². The first-order valence-electron chi connectivity index (χ1n) is 6.06. The summed E-state index contributed by atoms with van der Waals surface area (Å²) in [7, 11) is -0.311. The largest absolute Gasteiger partial charge is 0.377 e. The van der Waals surface area contributed by atoms with Gasteiger partial charge < -0.3 is 10.1 Å². The van der Waals surface area contributed by atoms with Crippen LogP contribution in [0.2, 0.25) is 0 Å². The molecule has 19 heavy (non-hydrogen) atoms. The molecule has 1 fully saturated rings. The summed E-state index contributed by atoms with van der Waals surface area (Å²) in [4.78, 5) is 7.83. The van der Waals surface area contributed by atoms with Gasteiger partial charge in [-0.1, -0.05) is 0 Å². The molecule has 1 aliphatic carbocycles. The molecule has 2 rings (SSSR count). The average Bonchev–Trinajstić information content (AvgIpc) is 2.38. The quantitative estimate of drug-likeness (QED) is 0.784. The number of rotatable bonds is 6. The third-order valence-corrected chi connectivity index (χ3v) is 4.80. The smallest absolute Gasteiger partial charge is 0.243 e. The SMILES string of the molecule is CNc1ncc(S(=O)(=O)NCC2(OC)CCC2)cn1. The van der Waals surface area contributed by atoms with Gasteiger partial charge in [0, 0.05) is 20.7 Å². The molecule has 1 aromatic heterocycles. The second-order valence-corrected chi connectivity index (χ2v) is 6.32. The number of nitrogens with one attached hydrogen (secondary N) is 2. The summed E-state index contributed by atoms with van der Waals surface area (Å²) in [6.07, 6.45) is 5.38. The van der Waals surface area contributed by atoms with E-state index >= 15 is 0 Å². The van der Waals surface area contributed by atoms with Crippen molar-refractivity contribution in [3.8, 4) is 0 Å². The summed E-state index contributed by atoms with van der Waals surface area (Å²) < 4.78 is 32.1. The van der Waals surface area contributed by atoms with Gasteiger partial charge in [-0.15, -0.1) is 0 Å². The lowest BCUT2D eigenvalue weighted by atomic mass is 9.80. The molecule has 1 heterocycles. The molecule has 7 nitrogen and oxygen atoms in total. The summed E-state index contributed by atoms with van der Waals surface area (Å²) in [5.41, 5.74) is -0.348. The third-order valence-electron chi connectivity index (χ3n) is 3.44. The van der Waals surface area contributed by atoms with Crippen molar-refractivity contribution < 1.29 is 13.2 Å². The first kappa shape index (κ1) is 14.2. The van der Waals surface area contributed by atoms with Gasteiger partial charge in [-0.3, -0.25) is 0 Å². The standard InChI is InChI=1S/C11H18N4O3S/c1-12-10-13-6-9(7-14-10)19(16,17)15-8-11(18-2)4-3-5-11/h6-7,15H,3-5,8H2,1-2H3,(H,12,13,14). The Morgan fingerprint density at radius 2 is 2.00 bits per heavy atom. The van der Waals surface area contributed by atoms with Gasteiger partial charge in [-0.2, -0.15) is 0 Å². The molecule has 0 saturated heterocycles. The van der Waals surface area contributed by atoms with Crippen LogP contribution in [0.5, 0.6) is 0 Å². The highest BCUT2D eigenvalue weighted by atomic mass is 32.2. The first-order valence-corrected chi connectivity index (χ1v) is 7.54. The maximum absolute atomic E-state index is 12.1. The van der Waals surface area contributed by atoms with E-state index in [9.17, 15) is 8.42 Å². The van der Waals surface area contributed by atoms with E-state index in [0.717, 1.165) is 19.3 Å². The van der Waals surface area contributed by atoms with E-state index in [1.54, 1.807) is 14.2 Å². The minimum Gasteiger partial charge on any atom is -0.377 e. The van der Waals surface area contributed by atoms with Crippen molar-refractivity contribution >= 4 is 16.0 Å². The third kappa shape index (κ3) is 3.02. The number of sulfonamides is 1. The number of hydrogen-bond acceptors (Lipinski definition) is 6. The molecule has 0 spiro atoms. The Labute approximate surface area is 112 Å². The highest BCUT2D eigenvalue weighted by Crippen LogP contribution is 2.34. The van der Waals surface area contributed by atoms with Crippen molar-refractivity contribution in [3.05, 3.63) is 12.4 Å². The van der Waals surface area contributed by atoms with Crippen molar-refractivity contribution in [3.63, 3.8) is 0 Å². The minimum atomic E-state index is -3.59. The van der Waals surface area contributed by atoms with Gasteiger partial charge >= 0.3 is 0 Å². The fourth-order valence-corrected chi connectivity index (χ4v) is 2.92. The van der Waals surface area contributed by atoms with Gasteiger partial charge in [0.25, 0.3) is 0 Å². The monoisotopic (exact) mass is 286 g/mol. The molecule has 1 aliphatic rings. The van der Waals surface area contributed by atoms with E-state index in [1.165, 1.54) is 12.4 Å². The van der Waals surface area contributed by atoms with Crippen LogP contribution in [-0.4, -0.2) is 44.7 Å². The Hall–Kier alpha value is -1.25. The molecule has 0 unspecified atom stereocenters. The fourth-order valence-electron chi connectivity index (χ4n) is 1.92. The Balaban J connectivity index is 2.05. The predicted octanol–water partition coefficient (Wildman–Crippen LogP) is 0.366. The Morgan fingerprint density at radius 3 is 2.42 bits per heavy atom. The molecule has 106 valence electrons. The zero-order chi connectivity index (χ0) is 13.9. The molecule has 1 saturated carbocycles. The van der Waals surface area contributed by atoms with Crippen LogP contribution in [0.15, 0.2) is 17.3 Å². The predicted molar refractivity (Wildman–Crippen MR) is 70.4 cm³/mol. The van der Waals surface area contributed by atoms with E-state index in [-0.39, 0.29) is 17.0 Å². The number of aromatic nitrogens is 2. The molecule has 8 heteroatoms. The van der Waals surface area contributed by atoms with Gasteiger partial charge in [-0.05, 0) is 19.3 Å².